The fourth-order valence-electron chi connectivity index (χ4n) is 4.04. The van der Waals surface area contributed by atoms with Gasteiger partial charge in [-0.2, -0.15) is 4.98 Å². The molecule has 0 saturated carbocycles. The van der Waals surface area contributed by atoms with E-state index in [1.165, 1.54) is 5.56 Å². The van der Waals surface area contributed by atoms with Crippen molar-refractivity contribution in [2.24, 2.45) is 0 Å². The topological polar surface area (TPSA) is 71.7 Å². The van der Waals surface area contributed by atoms with Crippen molar-refractivity contribution in [2.45, 2.75) is 44.8 Å². The number of aryl methyl sites for hydroxylation is 1. The first-order chi connectivity index (χ1) is 13.0. The second-order valence-electron chi connectivity index (χ2n) is 7.75. The largest absolute Gasteiger partial charge is 0.441 e. The minimum Gasteiger partial charge on any atom is -0.441 e. The maximum Gasteiger partial charge on any atom is 0.410 e. The average Bonchev–Trinajstić information content (AvgIpc) is 3.21. The molecule has 0 N–H and O–H groups in total. The van der Waals surface area contributed by atoms with Crippen molar-refractivity contribution in [1.29, 1.82) is 0 Å². The second-order valence-corrected chi connectivity index (χ2v) is 7.75. The number of likely N-dealkylation sites (tertiary alicyclic amines) is 1. The normalized spacial score (nSPS) is 20.8. The lowest BCUT2D eigenvalue weighted by Gasteiger charge is -2.36. The van der Waals surface area contributed by atoms with Crippen molar-refractivity contribution in [3.63, 3.8) is 0 Å². The van der Waals surface area contributed by atoms with E-state index in [1.54, 1.807) is 6.92 Å². The molecule has 1 spiro atoms. The molecule has 2 fully saturated rings. The average molecular weight is 370 g/mol. The molecule has 0 unspecified atom stereocenters. The van der Waals surface area contributed by atoms with Gasteiger partial charge in [0, 0.05) is 39.4 Å². The fraction of sp³-hybridized carbons (Fsp3) is 0.550. The van der Waals surface area contributed by atoms with Gasteiger partial charge >= 0.3 is 6.09 Å². The molecule has 0 bridgehead atoms. The number of carbonyl (C=O) groups is 1. The molecular formula is C20H26N4O3. The van der Waals surface area contributed by atoms with Gasteiger partial charge in [-0.05, 0) is 11.5 Å². The minimum absolute atomic E-state index is 0.181. The highest BCUT2D eigenvalue weighted by Gasteiger charge is 2.47. The smallest absolute Gasteiger partial charge is 0.410 e. The molecule has 2 saturated heterocycles. The van der Waals surface area contributed by atoms with Gasteiger partial charge in [-0.3, -0.25) is 4.90 Å². The number of rotatable bonds is 5. The molecule has 7 heteroatoms. The van der Waals surface area contributed by atoms with Crippen molar-refractivity contribution < 1.29 is 14.1 Å². The monoisotopic (exact) mass is 370 g/mol. The maximum absolute atomic E-state index is 12.4. The lowest BCUT2D eigenvalue weighted by atomic mass is 9.91. The lowest BCUT2D eigenvalue weighted by molar-refractivity contribution is -0.00191. The molecule has 7 nitrogen and oxygen atoms in total. The summed E-state index contributed by atoms with van der Waals surface area (Å²) < 4.78 is 10.9. The van der Waals surface area contributed by atoms with E-state index < -0.39 is 0 Å². The number of hydrogen-bond donors (Lipinski definition) is 0. The molecule has 2 aliphatic rings. The molecule has 0 radical (unpaired) electrons. The Morgan fingerprint density at radius 1 is 1.22 bits per heavy atom. The number of carbonyl (C=O) groups excluding carboxylic acids is 1. The van der Waals surface area contributed by atoms with Gasteiger partial charge in [0.2, 0.25) is 5.89 Å². The highest BCUT2D eigenvalue weighted by atomic mass is 16.6. The first kappa shape index (κ1) is 18.0. The number of hydrogen-bond acceptors (Lipinski definition) is 6. The van der Waals surface area contributed by atoms with Gasteiger partial charge in [0.15, 0.2) is 5.82 Å². The summed E-state index contributed by atoms with van der Waals surface area (Å²) in [6, 6.07) is 10.3. The molecule has 4 rings (SSSR count). The van der Waals surface area contributed by atoms with Crippen LogP contribution >= 0.6 is 0 Å². The van der Waals surface area contributed by atoms with Gasteiger partial charge in [0.25, 0.3) is 0 Å². The molecule has 0 aliphatic carbocycles. The molecule has 144 valence electrons. The SMILES string of the molecule is Cc1nc(CN2CCC3(CC2)CN(C[C@H](C)c2ccccc2)C(=O)O3)no1. The molecule has 1 amide bonds. The van der Waals surface area contributed by atoms with Crippen molar-refractivity contribution >= 4 is 6.09 Å². The third-order valence-corrected chi connectivity index (χ3v) is 5.61. The van der Waals surface area contributed by atoms with Gasteiger partial charge in [-0.15, -0.1) is 0 Å². The van der Waals surface area contributed by atoms with Crippen LogP contribution in [0.5, 0.6) is 0 Å². The molecule has 1 aromatic carbocycles. The molecule has 1 aromatic heterocycles. The van der Waals surface area contributed by atoms with Crippen LogP contribution in [0.15, 0.2) is 34.9 Å². The van der Waals surface area contributed by atoms with Crippen LogP contribution < -0.4 is 0 Å². The Hall–Kier alpha value is -2.41. The number of piperidine rings is 1. The number of benzene rings is 1. The Morgan fingerprint density at radius 2 is 1.96 bits per heavy atom. The Balaban J connectivity index is 1.32. The maximum atomic E-state index is 12.4. The molecule has 2 aliphatic heterocycles. The summed E-state index contributed by atoms with van der Waals surface area (Å²) in [5.41, 5.74) is 0.897. The summed E-state index contributed by atoms with van der Waals surface area (Å²) >= 11 is 0. The molecule has 1 atom stereocenters. The standard InChI is InChI=1S/C20H26N4O3/c1-15(17-6-4-3-5-7-17)12-24-14-20(26-19(24)25)8-10-23(11-9-20)13-18-21-16(2)27-22-18/h3-7,15H,8-14H2,1-2H3/t15-/m0/s1. The zero-order chi connectivity index (χ0) is 18.9. The van der Waals surface area contributed by atoms with E-state index in [-0.39, 0.29) is 17.6 Å². The predicted octanol–water partition coefficient (Wildman–Crippen LogP) is 2.97. The van der Waals surface area contributed by atoms with Crippen LogP contribution in [-0.2, 0) is 11.3 Å². The summed E-state index contributed by atoms with van der Waals surface area (Å²) in [7, 11) is 0. The van der Waals surface area contributed by atoms with E-state index in [1.807, 2.05) is 23.1 Å². The number of ether oxygens (including phenoxy) is 1. The molecule has 2 aromatic rings. The van der Waals surface area contributed by atoms with Gasteiger partial charge in [-0.1, -0.05) is 42.4 Å². The summed E-state index contributed by atoms with van der Waals surface area (Å²) in [4.78, 5) is 20.9. The second kappa shape index (κ2) is 7.31. The van der Waals surface area contributed by atoms with E-state index >= 15 is 0 Å². The van der Waals surface area contributed by atoms with E-state index in [9.17, 15) is 4.79 Å². The Kier molecular flexibility index (Phi) is 4.86. The Bertz CT molecular complexity index is 784. The van der Waals surface area contributed by atoms with Crippen LogP contribution in [0.1, 0.15) is 43.0 Å². The van der Waals surface area contributed by atoms with E-state index in [0.717, 1.165) is 25.9 Å². The first-order valence-electron chi connectivity index (χ1n) is 9.57. The van der Waals surface area contributed by atoms with E-state index in [0.29, 0.717) is 31.3 Å². The third kappa shape index (κ3) is 3.98. The summed E-state index contributed by atoms with van der Waals surface area (Å²) in [5.74, 6) is 1.59. The van der Waals surface area contributed by atoms with Crippen molar-refractivity contribution in [3.05, 3.63) is 47.6 Å². The molecule has 27 heavy (non-hydrogen) atoms. The highest BCUT2D eigenvalue weighted by Crippen LogP contribution is 2.34. The summed E-state index contributed by atoms with van der Waals surface area (Å²) in [5, 5.41) is 3.96. The van der Waals surface area contributed by atoms with Gasteiger partial charge in [0.1, 0.15) is 5.60 Å². The zero-order valence-corrected chi connectivity index (χ0v) is 15.9. The first-order valence-corrected chi connectivity index (χ1v) is 9.57. The molecule has 3 heterocycles. The third-order valence-electron chi connectivity index (χ3n) is 5.61. The van der Waals surface area contributed by atoms with E-state index in [2.05, 4.69) is 34.1 Å². The fourth-order valence-corrected chi connectivity index (χ4v) is 4.04. The Labute approximate surface area is 159 Å². The van der Waals surface area contributed by atoms with Gasteiger partial charge in [-0.25, -0.2) is 4.79 Å². The zero-order valence-electron chi connectivity index (χ0n) is 15.9. The van der Waals surface area contributed by atoms with Crippen molar-refractivity contribution in [1.82, 2.24) is 19.9 Å². The summed E-state index contributed by atoms with van der Waals surface area (Å²) in [6.07, 6.45) is 1.50. The van der Waals surface area contributed by atoms with Crippen LogP contribution in [0, 0.1) is 6.92 Å². The number of aromatic nitrogens is 2. The van der Waals surface area contributed by atoms with E-state index in [4.69, 9.17) is 9.26 Å². The van der Waals surface area contributed by atoms with Crippen LogP contribution in [0.25, 0.3) is 0 Å². The minimum atomic E-state index is -0.350. The number of amides is 1. The van der Waals surface area contributed by atoms with Gasteiger partial charge < -0.3 is 14.2 Å². The highest BCUT2D eigenvalue weighted by molar-refractivity contribution is 5.70. The van der Waals surface area contributed by atoms with Gasteiger partial charge in [0.05, 0.1) is 13.1 Å². The van der Waals surface area contributed by atoms with Crippen LogP contribution in [0.2, 0.25) is 0 Å². The van der Waals surface area contributed by atoms with Crippen LogP contribution in [0.3, 0.4) is 0 Å². The Morgan fingerprint density at radius 3 is 2.63 bits per heavy atom. The predicted molar refractivity (Wildman–Crippen MR) is 99.2 cm³/mol. The lowest BCUT2D eigenvalue weighted by Crippen LogP contribution is -2.46. The van der Waals surface area contributed by atoms with Crippen LogP contribution in [0.4, 0.5) is 4.79 Å². The number of nitrogens with zero attached hydrogens (tertiary/aromatic N) is 4. The quantitative estimate of drug-likeness (QED) is 0.806. The molecular weight excluding hydrogens is 344 g/mol. The van der Waals surface area contributed by atoms with Crippen molar-refractivity contribution in [3.8, 4) is 0 Å². The van der Waals surface area contributed by atoms with Crippen LogP contribution in [-0.4, -0.2) is 57.8 Å². The van der Waals surface area contributed by atoms with Crippen molar-refractivity contribution in [2.75, 3.05) is 26.2 Å². The summed E-state index contributed by atoms with van der Waals surface area (Å²) in [6.45, 7) is 7.73.